The molecule has 3 nitrogen and oxygen atoms in total. The van der Waals surface area contributed by atoms with Gasteiger partial charge in [-0.2, -0.15) is 0 Å². The molecular weight excluding hydrogens is 260 g/mol. The van der Waals surface area contributed by atoms with E-state index in [2.05, 4.69) is 24.5 Å². The van der Waals surface area contributed by atoms with Crippen molar-refractivity contribution >= 4 is 5.91 Å². The molecule has 0 aromatic heterocycles. The fraction of sp³-hybridized carbons (Fsp3) is 0.944. The van der Waals surface area contributed by atoms with Crippen molar-refractivity contribution in [2.75, 3.05) is 13.1 Å². The lowest BCUT2D eigenvalue weighted by atomic mass is 9.44. The fourth-order valence-electron chi connectivity index (χ4n) is 6.56. The Kier molecular flexibility index (Phi) is 2.99. The lowest BCUT2D eigenvalue weighted by Gasteiger charge is -2.60. The molecule has 5 rings (SSSR count). The van der Waals surface area contributed by atoms with Crippen molar-refractivity contribution in [3.8, 4) is 0 Å². The maximum absolute atomic E-state index is 13.0. The van der Waals surface area contributed by atoms with Gasteiger partial charge in [0.25, 0.3) is 0 Å². The largest absolute Gasteiger partial charge is 0.354 e. The summed E-state index contributed by atoms with van der Waals surface area (Å²) in [5.41, 5.74) is 0.562. The normalized spacial score (nSPS) is 51.3. The van der Waals surface area contributed by atoms with Crippen LogP contribution in [0.5, 0.6) is 0 Å². The van der Waals surface area contributed by atoms with Crippen LogP contribution in [0.3, 0.4) is 0 Å². The molecule has 4 bridgehead atoms. The maximum atomic E-state index is 13.0. The third kappa shape index (κ3) is 2.32. The van der Waals surface area contributed by atoms with Gasteiger partial charge in [-0.1, -0.05) is 6.92 Å². The van der Waals surface area contributed by atoms with Crippen molar-refractivity contribution in [1.82, 2.24) is 10.6 Å². The van der Waals surface area contributed by atoms with Gasteiger partial charge in [-0.3, -0.25) is 4.79 Å². The summed E-state index contributed by atoms with van der Waals surface area (Å²) in [6.45, 7) is 6.59. The van der Waals surface area contributed by atoms with E-state index in [4.69, 9.17) is 0 Å². The molecule has 1 amide bonds. The lowest BCUT2D eigenvalue weighted by Crippen LogP contribution is -2.58. The first-order valence-electron chi connectivity index (χ1n) is 8.94. The summed E-state index contributed by atoms with van der Waals surface area (Å²) in [5.74, 6) is 2.02. The standard InChI is InChI=1S/C18H30N2O/c1-16-7-13-6-14(8-16)10-18(9-13,11-16)15(21)19-12-17(2)4-3-5-20-17/h13-14,20H,3-12H2,1-2H3,(H,19,21). The van der Waals surface area contributed by atoms with Gasteiger partial charge in [0, 0.05) is 12.1 Å². The summed E-state index contributed by atoms with van der Waals surface area (Å²) < 4.78 is 0. The molecule has 4 saturated carbocycles. The molecule has 3 unspecified atom stereocenters. The van der Waals surface area contributed by atoms with Crippen LogP contribution in [-0.4, -0.2) is 24.5 Å². The average Bonchev–Trinajstić information content (AvgIpc) is 2.80. The maximum Gasteiger partial charge on any atom is 0.226 e. The van der Waals surface area contributed by atoms with Crippen LogP contribution in [0, 0.1) is 22.7 Å². The highest BCUT2D eigenvalue weighted by atomic mass is 16.2. The van der Waals surface area contributed by atoms with E-state index in [1.165, 1.54) is 32.1 Å². The van der Waals surface area contributed by atoms with Gasteiger partial charge in [0.15, 0.2) is 0 Å². The summed E-state index contributed by atoms with van der Waals surface area (Å²) in [5, 5.41) is 6.89. The number of amides is 1. The predicted molar refractivity (Wildman–Crippen MR) is 83.9 cm³/mol. The number of hydrogen-bond acceptors (Lipinski definition) is 2. The molecule has 2 N–H and O–H groups in total. The summed E-state index contributed by atoms with van der Waals surface area (Å²) >= 11 is 0. The monoisotopic (exact) mass is 290 g/mol. The smallest absolute Gasteiger partial charge is 0.226 e. The minimum Gasteiger partial charge on any atom is -0.354 e. The fourth-order valence-corrected chi connectivity index (χ4v) is 6.56. The second-order valence-corrected chi connectivity index (χ2v) is 9.33. The van der Waals surface area contributed by atoms with Crippen molar-refractivity contribution in [1.29, 1.82) is 0 Å². The molecular formula is C18H30N2O. The lowest BCUT2D eigenvalue weighted by molar-refractivity contribution is -0.155. The summed E-state index contributed by atoms with van der Waals surface area (Å²) in [6, 6.07) is 0. The summed E-state index contributed by atoms with van der Waals surface area (Å²) in [4.78, 5) is 13.0. The Morgan fingerprint density at radius 2 is 1.90 bits per heavy atom. The first kappa shape index (κ1) is 14.0. The van der Waals surface area contributed by atoms with E-state index >= 15 is 0 Å². The van der Waals surface area contributed by atoms with Crippen LogP contribution in [0.1, 0.15) is 65.2 Å². The third-order valence-electron chi connectivity index (χ3n) is 6.93. The molecule has 3 heteroatoms. The molecule has 0 aromatic rings. The summed E-state index contributed by atoms with van der Waals surface area (Å²) in [7, 11) is 0. The molecule has 4 aliphatic carbocycles. The number of nitrogens with one attached hydrogen (secondary N) is 2. The minimum atomic E-state index is -0.0200. The SMILES string of the molecule is CC12CC3CC(C1)CC(C(=O)NCC1(C)CCCN1)(C3)C2. The first-order chi connectivity index (χ1) is 9.91. The molecule has 0 aromatic carbocycles. The van der Waals surface area contributed by atoms with Crippen LogP contribution in [0.4, 0.5) is 0 Å². The second-order valence-electron chi connectivity index (χ2n) is 9.33. The van der Waals surface area contributed by atoms with Crippen LogP contribution in [0.15, 0.2) is 0 Å². The number of rotatable bonds is 3. The van der Waals surface area contributed by atoms with E-state index in [0.717, 1.165) is 44.2 Å². The molecule has 1 heterocycles. The topological polar surface area (TPSA) is 41.1 Å². The van der Waals surface area contributed by atoms with E-state index in [1.807, 2.05) is 0 Å². The Balaban J connectivity index is 1.46. The van der Waals surface area contributed by atoms with Crippen LogP contribution in [-0.2, 0) is 4.79 Å². The Morgan fingerprint density at radius 1 is 1.19 bits per heavy atom. The number of carbonyl (C=O) groups is 1. The third-order valence-corrected chi connectivity index (χ3v) is 6.93. The number of hydrogen-bond donors (Lipinski definition) is 2. The van der Waals surface area contributed by atoms with E-state index in [0.29, 0.717) is 11.3 Å². The molecule has 0 radical (unpaired) electrons. The van der Waals surface area contributed by atoms with E-state index in [1.54, 1.807) is 0 Å². The average molecular weight is 290 g/mol. The van der Waals surface area contributed by atoms with Gasteiger partial charge < -0.3 is 10.6 Å². The van der Waals surface area contributed by atoms with Crippen molar-refractivity contribution in [3.05, 3.63) is 0 Å². The van der Waals surface area contributed by atoms with Crippen molar-refractivity contribution < 1.29 is 4.79 Å². The van der Waals surface area contributed by atoms with Crippen LogP contribution in [0.2, 0.25) is 0 Å². The Hall–Kier alpha value is -0.570. The van der Waals surface area contributed by atoms with Crippen molar-refractivity contribution in [3.63, 3.8) is 0 Å². The van der Waals surface area contributed by atoms with Gasteiger partial charge in [0.1, 0.15) is 0 Å². The molecule has 3 atom stereocenters. The predicted octanol–water partition coefficient (Wildman–Crippen LogP) is 2.85. The van der Waals surface area contributed by atoms with Gasteiger partial charge in [-0.05, 0) is 82.1 Å². The molecule has 1 saturated heterocycles. The molecule has 1 aliphatic heterocycles. The molecule has 5 fully saturated rings. The Morgan fingerprint density at radius 3 is 2.48 bits per heavy atom. The highest BCUT2D eigenvalue weighted by molar-refractivity contribution is 5.83. The molecule has 118 valence electrons. The first-order valence-corrected chi connectivity index (χ1v) is 8.94. The molecule has 5 aliphatic rings. The molecule has 21 heavy (non-hydrogen) atoms. The van der Waals surface area contributed by atoms with Crippen LogP contribution < -0.4 is 10.6 Å². The van der Waals surface area contributed by atoms with Gasteiger partial charge >= 0.3 is 0 Å². The zero-order valence-corrected chi connectivity index (χ0v) is 13.6. The van der Waals surface area contributed by atoms with Gasteiger partial charge in [-0.15, -0.1) is 0 Å². The highest BCUT2D eigenvalue weighted by Gasteiger charge is 2.58. The number of carbonyl (C=O) groups excluding carboxylic acids is 1. The van der Waals surface area contributed by atoms with Gasteiger partial charge in [-0.25, -0.2) is 0 Å². The highest BCUT2D eigenvalue weighted by Crippen LogP contribution is 2.65. The minimum absolute atomic E-state index is 0.0200. The van der Waals surface area contributed by atoms with E-state index < -0.39 is 0 Å². The summed E-state index contributed by atoms with van der Waals surface area (Å²) in [6.07, 6.45) is 10.0. The Labute approximate surface area is 128 Å². The van der Waals surface area contributed by atoms with Gasteiger partial charge in [0.2, 0.25) is 5.91 Å². The zero-order chi connectivity index (χ0) is 14.7. The van der Waals surface area contributed by atoms with Crippen LogP contribution >= 0.6 is 0 Å². The van der Waals surface area contributed by atoms with Gasteiger partial charge in [0.05, 0.1) is 5.41 Å². The second kappa shape index (κ2) is 4.47. The molecule has 0 spiro atoms. The van der Waals surface area contributed by atoms with Crippen molar-refractivity contribution in [2.24, 2.45) is 22.7 Å². The van der Waals surface area contributed by atoms with Crippen LogP contribution in [0.25, 0.3) is 0 Å². The Bertz CT molecular complexity index is 438. The van der Waals surface area contributed by atoms with E-state index in [9.17, 15) is 4.79 Å². The zero-order valence-electron chi connectivity index (χ0n) is 13.6. The van der Waals surface area contributed by atoms with E-state index in [-0.39, 0.29) is 11.0 Å². The van der Waals surface area contributed by atoms with Crippen molar-refractivity contribution in [2.45, 2.75) is 70.8 Å². The quantitative estimate of drug-likeness (QED) is 0.839.